The number of halogens is 3. The molecule has 2 aromatic carbocycles. The second kappa shape index (κ2) is 8.51. The maximum Gasteiger partial charge on any atom is 0.244 e. The Morgan fingerprint density at radius 1 is 1.17 bits per heavy atom. The number of carbonyl (C=O) groups is 2. The molecule has 0 aromatic heterocycles. The Labute approximate surface area is 158 Å². The van der Waals surface area contributed by atoms with Gasteiger partial charge in [0.2, 0.25) is 11.8 Å². The quantitative estimate of drug-likeness (QED) is 0.765. The molecule has 2 aromatic rings. The number of hydrogen-bond acceptors (Lipinski definition) is 2. The summed E-state index contributed by atoms with van der Waals surface area (Å²) < 4.78 is 0.778. The third-order valence-electron chi connectivity index (χ3n) is 3.31. The van der Waals surface area contributed by atoms with Crippen molar-refractivity contribution in [1.29, 1.82) is 0 Å². The molecule has 2 amide bonds. The zero-order chi connectivity index (χ0) is 17.7. The number of hydrogen-bond donors (Lipinski definition) is 1. The summed E-state index contributed by atoms with van der Waals surface area (Å²) in [6.45, 7) is -0.0502. The van der Waals surface area contributed by atoms with Crippen LogP contribution < -0.4 is 5.32 Å². The minimum Gasteiger partial charge on any atom is -0.336 e. The third-order valence-corrected chi connectivity index (χ3v) is 4.59. The molecule has 24 heavy (non-hydrogen) atoms. The van der Waals surface area contributed by atoms with E-state index in [2.05, 4.69) is 21.2 Å². The molecule has 0 bridgehead atoms. The van der Waals surface area contributed by atoms with Gasteiger partial charge in [-0.1, -0.05) is 41.4 Å². The van der Waals surface area contributed by atoms with Crippen LogP contribution in [0.1, 0.15) is 5.56 Å². The van der Waals surface area contributed by atoms with Gasteiger partial charge in [-0.3, -0.25) is 9.59 Å². The van der Waals surface area contributed by atoms with Gasteiger partial charge in [-0.2, -0.15) is 0 Å². The molecule has 126 valence electrons. The Bertz CT molecular complexity index is 768. The first-order valence-corrected chi connectivity index (χ1v) is 8.64. The van der Waals surface area contributed by atoms with E-state index in [-0.39, 0.29) is 24.8 Å². The summed E-state index contributed by atoms with van der Waals surface area (Å²) >= 11 is 15.3. The Kier molecular flexibility index (Phi) is 6.66. The number of benzene rings is 2. The topological polar surface area (TPSA) is 49.4 Å². The highest BCUT2D eigenvalue weighted by molar-refractivity contribution is 9.10. The van der Waals surface area contributed by atoms with Crippen molar-refractivity contribution in [3.63, 3.8) is 0 Å². The third kappa shape index (κ3) is 5.23. The maximum absolute atomic E-state index is 12.2. The second-order valence-electron chi connectivity index (χ2n) is 5.19. The molecule has 0 heterocycles. The first-order chi connectivity index (χ1) is 11.4. The molecule has 1 N–H and O–H groups in total. The summed E-state index contributed by atoms with van der Waals surface area (Å²) in [6, 6.07) is 12.2. The van der Waals surface area contributed by atoms with Gasteiger partial charge in [0.05, 0.1) is 18.7 Å². The molecule has 0 aliphatic rings. The lowest BCUT2D eigenvalue weighted by molar-refractivity contribution is -0.132. The molecular weight excluding hydrogens is 415 g/mol. The van der Waals surface area contributed by atoms with E-state index >= 15 is 0 Å². The van der Waals surface area contributed by atoms with Crippen LogP contribution in [0.3, 0.4) is 0 Å². The zero-order valence-corrected chi connectivity index (χ0v) is 16.0. The highest BCUT2D eigenvalue weighted by Gasteiger charge is 2.15. The van der Waals surface area contributed by atoms with E-state index in [1.165, 1.54) is 4.90 Å². The van der Waals surface area contributed by atoms with Crippen LogP contribution in [0.15, 0.2) is 46.9 Å². The van der Waals surface area contributed by atoms with Crippen molar-refractivity contribution in [2.75, 3.05) is 18.9 Å². The summed E-state index contributed by atoms with van der Waals surface area (Å²) in [4.78, 5) is 25.7. The standard InChI is InChI=1S/C17H15BrCl2N2O2/c1-22(10-16(23)21-15-5-3-2-4-13(15)18)17(24)8-11-6-7-12(19)9-14(11)20/h2-7,9H,8,10H2,1H3,(H,21,23). The maximum atomic E-state index is 12.2. The zero-order valence-electron chi connectivity index (χ0n) is 12.9. The Morgan fingerprint density at radius 2 is 1.88 bits per heavy atom. The van der Waals surface area contributed by atoms with Gasteiger partial charge in [0.1, 0.15) is 0 Å². The highest BCUT2D eigenvalue weighted by atomic mass is 79.9. The molecule has 0 atom stereocenters. The van der Waals surface area contributed by atoms with Crippen molar-refractivity contribution in [2.45, 2.75) is 6.42 Å². The van der Waals surface area contributed by atoms with E-state index in [4.69, 9.17) is 23.2 Å². The smallest absolute Gasteiger partial charge is 0.244 e. The fourth-order valence-corrected chi connectivity index (χ4v) is 2.88. The lowest BCUT2D eigenvalue weighted by Gasteiger charge is -2.17. The van der Waals surface area contributed by atoms with Crippen molar-refractivity contribution in [2.24, 2.45) is 0 Å². The number of rotatable bonds is 5. The lowest BCUT2D eigenvalue weighted by atomic mass is 10.1. The number of anilines is 1. The van der Waals surface area contributed by atoms with E-state index in [1.807, 2.05) is 18.2 Å². The molecule has 7 heteroatoms. The SMILES string of the molecule is CN(CC(=O)Nc1ccccc1Br)C(=O)Cc1ccc(Cl)cc1Cl. The van der Waals surface area contributed by atoms with Gasteiger partial charge in [-0.05, 0) is 45.8 Å². The van der Waals surface area contributed by atoms with Crippen LogP contribution in [0.2, 0.25) is 10.0 Å². The molecule has 4 nitrogen and oxygen atoms in total. The second-order valence-corrected chi connectivity index (χ2v) is 6.89. The van der Waals surface area contributed by atoms with E-state index in [0.717, 1.165) is 4.47 Å². The van der Waals surface area contributed by atoms with Crippen LogP contribution in [0.4, 0.5) is 5.69 Å². The molecule has 0 saturated heterocycles. The van der Waals surface area contributed by atoms with Gasteiger partial charge in [-0.15, -0.1) is 0 Å². The largest absolute Gasteiger partial charge is 0.336 e. The average molecular weight is 430 g/mol. The summed E-state index contributed by atoms with van der Waals surface area (Å²) in [5.74, 6) is -0.485. The van der Waals surface area contributed by atoms with Crippen LogP contribution in [0, 0.1) is 0 Å². The average Bonchev–Trinajstić information content (AvgIpc) is 2.52. The summed E-state index contributed by atoms with van der Waals surface area (Å²) in [6.07, 6.45) is 0.106. The molecule has 0 saturated carbocycles. The predicted molar refractivity (Wildman–Crippen MR) is 101 cm³/mol. The first kappa shape index (κ1) is 18.8. The predicted octanol–water partition coefficient (Wildman–Crippen LogP) is 4.40. The fraction of sp³-hybridized carbons (Fsp3) is 0.176. The van der Waals surface area contributed by atoms with E-state index in [9.17, 15) is 9.59 Å². The van der Waals surface area contributed by atoms with Crippen LogP contribution in [-0.4, -0.2) is 30.3 Å². The molecule has 2 rings (SSSR count). The van der Waals surface area contributed by atoms with Crippen molar-refractivity contribution in [1.82, 2.24) is 4.90 Å². The van der Waals surface area contributed by atoms with E-state index in [0.29, 0.717) is 21.3 Å². The summed E-state index contributed by atoms with van der Waals surface area (Å²) in [5, 5.41) is 3.70. The lowest BCUT2D eigenvalue weighted by Crippen LogP contribution is -2.35. The molecular formula is C17H15BrCl2N2O2. The molecule has 0 spiro atoms. The molecule has 0 fully saturated rings. The minimum atomic E-state index is -0.278. The van der Waals surface area contributed by atoms with E-state index in [1.54, 1.807) is 31.3 Å². The van der Waals surface area contributed by atoms with Crippen molar-refractivity contribution in [3.8, 4) is 0 Å². The Morgan fingerprint density at radius 3 is 2.54 bits per heavy atom. The first-order valence-electron chi connectivity index (χ1n) is 7.09. The normalized spacial score (nSPS) is 10.3. The Hall–Kier alpha value is -1.56. The van der Waals surface area contributed by atoms with Crippen LogP contribution in [0.5, 0.6) is 0 Å². The van der Waals surface area contributed by atoms with Gasteiger partial charge in [0.15, 0.2) is 0 Å². The number of carbonyl (C=O) groups excluding carboxylic acids is 2. The van der Waals surface area contributed by atoms with Crippen molar-refractivity contribution in [3.05, 3.63) is 62.5 Å². The summed E-state index contributed by atoms with van der Waals surface area (Å²) in [7, 11) is 1.58. The van der Waals surface area contributed by atoms with Crippen LogP contribution in [0.25, 0.3) is 0 Å². The van der Waals surface area contributed by atoms with Gasteiger partial charge in [0.25, 0.3) is 0 Å². The molecule has 0 radical (unpaired) electrons. The number of nitrogens with one attached hydrogen (secondary N) is 1. The highest BCUT2D eigenvalue weighted by Crippen LogP contribution is 2.22. The summed E-state index contributed by atoms with van der Waals surface area (Å²) in [5.41, 5.74) is 1.33. The molecule has 0 aliphatic heterocycles. The van der Waals surface area contributed by atoms with Gasteiger partial charge in [0, 0.05) is 21.6 Å². The Balaban J connectivity index is 1.93. The van der Waals surface area contributed by atoms with Crippen molar-refractivity contribution >= 4 is 56.6 Å². The minimum absolute atomic E-state index is 0.0502. The molecule has 0 aliphatic carbocycles. The fourth-order valence-electron chi connectivity index (χ4n) is 2.02. The van der Waals surface area contributed by atoms with Gasteiger partial charge in [-0.25, -0.2) is 0 Å². The number of para-hydroxylation sites is 1. The van der Waals surface area contributed by atoms with Crippen LogP contribution >= 0.6 is 39.1 Å². The van der Waals surface area contributed by atoms with Crippen LogP contribution in [-0.2, 0) is 16.0 Å². The monoisotopic (exact) mass is 428 g/mol. The number of amides is 2. The number of likely N-dealkylation sites (N-methyl/N-ethyl adjacent to an activating group) is 1. The molecule has 0 unspecified atom stereocenters. The van der Waals surface area contributed by atoms with Gasteiger partial charge >= 0.3 is 0 Å². The number of nitrogens with zero attached hydrogens (tertiary/aromatic N) is 1. The van der Waals surface area contributed by atoms with Gasteiger partial charge < -0.3 is 10.2 Å². The van der Waals surface area contributed by atoms with Crippen molar-refractivity contribution < 1.29 is 9.59 Å². The van der Waals surface area contributed by atoms with E-state index < -0.39 is 0 Å².